The summed E-state index contributed by atoms with van der Waals surface area (Å²) >= 11 is 0. The summed E-state index contributed by atoms with van der Waals surface area (Å²) in [5.41, 5.74) is 3.71. The Bertz CT molecular complexity index is 850. The number of nitrogens with zero attached hydrogens (tertiary/aromatic N) is 1. The summed E-state index contributed by atoms with van der Waals surface area (Å²) < 4.78 is 5.36. The quantitative estimate of drug-likeness (QED) is 0.885. The Morgan fingerprint density at radius 3 is 3.00 bits per heavy atom. The number of hydrogen-bond acceptors (Lipinski definition) is 3. The molecule has 2 aromatic carbocycles. The first-order valence-corrected chi connectivity index (χ1v) is 8.34. The fourth-order valence-corrected chi connectivity index (χ4v) is 3.27. The Morgan fingerprint density at radius 1 is 1.28 bits per heavy atom. The number of rotatable bonds is 2. The second kappa shape index (κ2) is 6.12. The molecule has 0 unspecified atom stereocenters. The largest absolute Gasteiger partial charge is 0.482 e. The molecule has 0 bridgehead atoms. The fourth-order valence-electron chi connectivity index (χ4n) is 3.27. The molecule has 3 amide bonds. The molecule has 2 aliphatic heterocycles. The van der Waals surface area contributed by atoms with Gasteiger partial charge in [-0.1, -0.05) is 24.3 Å². The Kier molecular flexibility index (Phi) is 3.80. The van der Waals surface area contributed by atoms with Crippen LogP contribution in [0.1, 0.15) is 24.1 Å². The van der Waals surface area contributed by atoms with Gasteiger partial charge < -0.3 is 15.4 Å². The number of hydrogen-bond donors (Lipinski definition) is 2. The van der Waals surface area contributed by atoms with Gasteiger partial charge in [-0.25, -0.2) is 4.79 Å². The van der Waals surface area contributed by atoms with E-state index in [1.54, 1.807) is 4.90 Å². The van der Waals surface area contributed by atoms with Gasteiger partial charge in [-0.15, -0.1) is 0 Å². The lowest BCUT2D eigenvalue weighted by Gasteiger charge is -2.23. The molecular weight excluding hydrogens is 318 g/mol. The molecule has 6 nitrogen and oxygen atoms in total. The molecule has 25 heavy (non-hydrogen) atoms. The van der Waals surface area contributed by atoms with Crippen LogP contribution < -0.4 is 20.3 Å². The third kappa shape index (κ3) is 2.91. The molecule has 0 fully saturated rings. The predicted octanol–water partition coefficient (Wildman–Crippen LogP) is 2.85. The Hall–Kier alpha value is -3.02. The number of urea groups is 1. The highest BCUT2D eigenvalue weighted by Crippen LogP contribution is 2.31. The van der Waals surface area contributed by atoms with Crippen molar-refractivity contribution in [2.24, 2.45) is 0 Å². The van der Waals surface area contributed by atoms with Crippen LogP contribution >= 0.6 is 0 Å². The summed E-state index contributed by atoms with van der Waals surface area (Å²) in [4.78, 5) is 25.9. The van der Waals surface area contributed by atoms with Gasteiger partial charge in [0.2, 0.25) is 0 Å². The maximum absolute atomic E-state index is 12.7. The zero-order valence-corrected chi connectivity index (χ0v) is 13.9. The molecule has 6 heteroatoms. The maximum Gasteiger partial charge on any atom is 0.322 e. The van der Waals surface area contributed by atoms with E-state index < -0.39 is 0 Å². The van der Waals surface area contributed by atoms with Crippen LogP contribution in [0.3, 0.4) is 0 Å². The number of amides is 3. The van der Waals surface area contributed by atoms with Gasteiger partial charge in [0.1, 0.15) is 5.75 Å². The van der Waals surface area contributed by atoms with Gasteiger partial charge in [-0.2, -0.15) is 0 Å². The van der Waals surface area contributed by atoms with Crippen molar-refractivity contribution in [3.8, 4) is 5.75 Å². The number of para-hydroxylation sites is 1. The summed E-state index contributed by atoms with van der Waals surface area (Å²) in [7, 11) is 0. The molecule has 2 aliphatic rings. The van der Waals surface area contributed by atoms with E-state index in [-0.39, 0.29) is 24.6 Å². The number of nitrogens with one attached hydrogen (secondary N) is 2. The van der Waals surface area contributed by atoms with E-state index in [2.05, 4.69) is 16.7 Å². The van der Waals surface area contributed by atoms with Crippen molar-refractivity contribution >= 4 is 23.3 Å². The summed E-state index contributed by atoms with van der Waals surface area (Å²) in [6, 6.07) is 13.2. The lowest BCUT2D eigenvalue weighted by atomic mass is 10.1. The van der Waals surface area contributed by atoms with E-state index in [0.717, 1.165) is 17.7 Å². The van der Waals surface area contributed by atoms with Crippen molar-refractivity contribution in [2.75, 3.05) is 23.4 Å². The number of benzene rings is 2. The van der Waals surface area contributed by atoms with Gasteiger partial charge in [0.25, 0.3) is 5.91 Å². The molecular formula is C19H19N3O3. The maximum atomic E-state index is 12.7. The van der Waals surface area contributed by atoms with Crippen molar-refractivity contribution in [3.05, 3.63) is 53.6 Å². The monoisotopic (exact) mass is 337 g/mol. The van der Waals surface area contributed by atoms with Crippen LogP contribution in [0.25, 0.3) is 0 Å². The highest BCUT2D eigenvalue weighted by molar-refractivity contribution is 5.96. The SMILES string of the molecule is C[C@H](NC(=O)N1CCc2ccccc21)c1ccc2c(c1)NC(=O)CO2. The van der Waals surface area contributed by atoms with Crippen molar-refractivity contribution < 1.29 is 14.3 Å². The third-order valence-electron chi connectivity index (χ3n) is 4.61. The number of carbonyl (C=O) groups is 2. The van der Waals surface area contributed by atoms with Gasteiger partial charge in [0, 0.05) is 12.2 Å². The van der Waals surface area contributed by atoms with Crippen molar-refractivity contribution in [2.45, 2.75) is 19.4 Å². The van der Waals surface area contributed by atoms with Crippen LogP contribution in [-0.4, -0.2) is 25.1 Å². The van der Waals surface area contributed by atoms with Crippen molar-refractivity contribution in [3.63, 3.8) is 0 Å². The van der Waals surface area contributed by atoms with Gasteiger partial charge in [-0.3, -0.25) is 9.69 Å². The van der Waals surface area contributed by atoms with Gasteiger partial charge >= 0.3 is 6.03 Å². The van der Waals surface area contributed by atoms with E-state index in [9.17, 15) is 9.59 Å². The molecule has 0 spiro atoms. The minimum absolute atomic E-state index is 0.0347. The Balaban J connectivity index is 1.49. The minimum atomic E-state index is -0.190. The first-order valence-electron chi connectivity index (χ1n) is 8.34. The molecule has 0 radical (unpaired) electrons. The molecule has 0 saturated carbocycles. The van der Waals surface area contributed by atoms with E-state index in [0.29, 0.717) is 18.0 Å². The number of anilines is 2. The molecule has 1 atom stereocenters. The third-order valence-corrected chi connectivity index (χ3v) is 4.61. The van der Waals surface area contributed by atoms with Gasteiger partial charge in [-0.05, 0) is 42.7 Å². The normalized spacial score (nSPS) is 16.4. The molecule has 4 rings (SSSR count). The lowest BCUT2D eigenvalue weighted by molar-refractivity contribution is -0.118. The van der Waals surface area contributed by atoms with Crippen LogP contribution in [0, 0.1) is 0 Å². The van der Waals surface area contributed by atoms with E-state index in [1.165, 1.54) is 5.56 Å². The highest BCUT2D eigenvalue weighted by Gasteiger charge is 2.25. The van der Waals surface area contributed by atoms with E-state index in [1.807, 2.05) is 43.3 Å². The first-order chi connectivity index (χ1) is 12.1. The highest BCUT2D eigenvalue weighted by atomic mass is 16.5. The minimum Gasteiger partial charge on any atom is -0.482 e. The Morgan fingerprint density at radius 2 is 2.12 bits per heavy atom. The summed E-state index contributed by atoms with van der Waals surface area (Å²) in [6.07, 6.45) is 0.875. The topological polar surface area (TPSA) is 70.7 Å². The second-order valence-electron chi connectivity index (χ2n) is 6.29. The smallest absolute Gasteiger partial charge is 0.322 e. The van der Waals surface area contributed by atoms with Crippen molar-refractivity contribution in [1.29, 1.82) is 0 Å². The number of carbonyl (C=O) groups excluding carboxylic acids is 2. The number of ether oxygens (including phenoxy) is 1. The summed E-state index contributed by atoms with van der Waals surface area (Å²) in [5, 5.41) is 5.82. The predicted molar refractivity (Wildman–Crippen MR) is 95.0 cm³/mol. The van der Waals surface area contributed by atoms with Crippen LogP contribution in [0.2, 0.25) is 0 Å². The first kappa shape index (κ1) is 15.5. The van der Waals surface area contributed by atoms with Gasteiger partial charge in [0.15, 0.2) is 6.61 Å². The second-order valence-corrected chi connectivity index (χ2v) is 6.29. The standard InChI is InChI=1S/C19H19N3O3/c1-12(14-6-7-17-15(10-14)21-18(23)11-25-17)20-19(24)22-9-8-13-4-2-3-5-16(13)22/h2-7,10,12H,8-9,11H2,1H3,(H,20,24)(H,21,23)/t12-/m0/s1. The number of fused-ring (bicyclic) bond motifs is 2. The molecule has 0 saturated heterocycles. The van der Waals surface area contributed by atoms with Crippen LogP contribution in [0.5, 0.6) is 5.75 Å². The van der Waals surface area contributed by atoms with Crippen LogP contribution in [-0.2, 0) is 11.2 Å². The zero-order chi connectivity index (χ0) is 17.4. The van der Waals surface area contributed by atoms with E-state index >= 15 is 0 Å². The average Bonchev–Trinajstić information content (AvgIpc) is 3.05. The molecule has 2 N–H and O–H groups in total. The zero-order valence-electron chi connectivity index (χ0n) is 13.9. The van der Waals surface area contributed by atoms with Crippen LogP contribution in [0.4, 0.5) is 16.2 Å². The lowest BCUT2D eigenvalue weighted by Crippen LogP contribution is -2.40. The summed E-state index contributed by atoms with van der Waals surface area (Å²) in [6.45, 7) is 2.64. The fraction of sp³-hybridized carbons (Fsp3) is 0.263. The van der Waals surface area contributed by atoms with E-state index in [4.69, 9.17) is 4.74 Å². The molecule has 0 aromatic heterocycles. The van der Waals surface area contributed by atoms with Gasteiger partial charge in [0.05, 0.1) is 11.7 Å². The Labute approximate surface area is 145 Å². The van der Waals surface area contributed by atoms with Crippen LogP contribution in [0.15, 0.2) is 42.5 Å². The van der Waals surface area contributed by atoms with Crippen molar-refractivity contribution in [1.82, 2.24) is 5.32 Å². The molecule has 0 aliphatic carbocycles. The molecule has 128 valence electrons. The summed E-state index contributed by atoms with van der Waals surface area (Å²) in [5.74, 6) is 0.477. The average molecular weight is 337 g/mol. The molecule has 2 aromatic rings. The molecule has 2 heterocycles.